The lowest BCUT2D eigenvalue weighted by Gasteiger charge is -2.34. The molecule has 0 aliphatic heterocycles. The van der Waals surface area contributed by atoms with Crippen molar-refractivity contribution in [2.24, 2.45) is 10.9 Å². The van der Waals surface area contributed by atoms with Gasteiger partial charge in [0.25, 0.3) is 0 Å². The van der Waals surface area contributed by atoms with Gasteiger partial charge in [-0.15, -0.1) is 0 Å². The van der Waals surface area contributed by atoms with E-state index >= 15 is 0 Å². The monoisotopic (exact) mass is 259 g/mol. The number of nitrogens with one attached hydrogen (secondary N) is 1. The third-order valence-corrected chi connectivity index (χ3v) is 4.70. The highest BCUT2D eigenvalue weighted by Gasteiger charge is 2.26. The molecule has 3 atom stereocenters. The topological polar surface area (TPSA) is 70.6 Å². The van der Waals surface area contributed by atoms with Gasteiger partial charge in [-0.3, -0.25) is 0 Å². The summed E-state index contributed by atoms with van der Waals surface area (Å²) in [4.78, 5) is 0. The molecule has 0 aromatic heterocycles. The fraction of sp³-hybridized carbons (Fsp3) is 0.917. The summed E-state index contributed by atoms with van der Waals surface area (Å²) in [5, 5.41) is 16.1. The fourth-order valence-electron chi connectivity index (χ4n) is 2.49. The SMILES string of the molecule is CCC(CC(N)=NO)NC1CCCCC1SC. The van der Waals surface area contributed by atoms with Gasteiger partial charge in [0.15, 0.2) is 0 Å². The number of nitrogens with zero attached hydrogens (tertiary/aromatic N) is 1. The lowest BCUT2D eigenvalue weighted by atomic mass is 9.93. The van der Waals surface area contributed by atoms with Crippen molar-refractivity contribution in [1.29, 1.82) is 0 Å². The summed E-state index contributed by atoms with van der Waals surface area (Å²) >= 11 is 1.96. The van der Waals surface area contributed by atoms with E-state index in [1.165, 1.54) is 25.7 Å². The van der Waals surface area contributed by atoms with E-state index in [4.69, 9.17) is 10.9 Å². The second-order valence-corrected chi connectivity index (χ2v) is 5.81. The van der Waals surface area contributed by atoms with Crippen LogP contribution in [0.25, 0.3) is 0 Å². The molecule has 0 bridgehead atoms. The second-order valence-electron chi connectivity index (χ2n) is 4.73. The molecule has 0 saturated heterocycles. The molecular weight excluding hydrogens is 234 g/mol. The van der Waals surface area contributed by atoms with Crippen molar-refractivity contribution in [3.63, 3.8) is 0 Å². The molecule has 3 unspecified atom stereocenters. The van der Waals surface area contributed by atoms with Crippen molar-refractivity contribution in [3.05, 3.63) is 0 Å². The van der Waals surface area contributed by atoms with Crippen LogP contribution in [0.1, 0.15) is 45.4 Å². The first-order valence-electron chi connectivity index (χ1n) is 6.46. The molecular formula is C12H25N3OS. The van der Waals surface area contributed by atoms with Crippen molar-refractivity contribution in [2.75, 3.05) is 6.26 Å². The van der Waals surface area contributed by atoms with Crippen LogP contribution in [0, 0.1) is 0 Å². The highest BCUT2D eigenvalue weighted by Crippen LogP contribution is 2.27. The van der Waals surface area contributed by atoms with Gasteiger partial charge in [0.1, 0.15) is 5.84 Å². The van der Waals surface area contributed by atoms with Crippen molar-refractivity contribution < 1.29 is 5.21 Å². The van der Waals surface area contributed by atoms with Gasteiger partial charge < -0.3 is 16.3 Å². The maximum atomic E-state index is 8.61. The minimum Gasteiger partial charge on any atom is -0.409 e. The summed E-state index contributed by atoms with van der Waals surface area (Å²) < 4.78 is 0. The molecule has 1 rings (SSSR count). The van der Waals surface area contributed by atoms with E-state index in [1.54, 1.807) is 0 Å². The molecule has 5 heteroatoms. The number of nitrogens with two attached hydrogens (primary N) is 1. The van der Waals surface area contributed by atoms with Crippen LogP contribution in [0.2, 0.25) is 0 Å². The first-order chi connectivity index (χ1) is 8.21. The van der Waals surface area contributed by atoms with Crippen LogP contribution in [0.3, 0.4) is 0 Å². The maximum absolute atomic E-state index is 8.61. The number of oxime groups is 1. The Hall–Kier alpha value is -0.420. The zero-order valence-electron chi connectivity index (χ0n) is 10.9. The number of rotatable bonds is 6. The minimum absolute atomic E-state index is 0.320. The molecule has 1 saturated carbocycles. The van der Waals surface area contributed by atoms with Crippen molar-refractivity contribution in [1.82, 2.24) is 5.32 Å². The summed E-state index contributed by atoms with van der Waals surface area (Å²) in [6.07, 6.45) is 9.04. The Labute approximate surface area is 108 Å². The first kappa shape index (κ1) is 14.6. The first-order valence-corrected chi connectivity index (χ1v) is 7.75. The summed E-state index contributed by atoms with van der Waals surface area (Å²) in [6, 6.07) is 0.902. The smallest absolute Gasteiger partial charge is 0.140 e. The molecule has 4 N–H and O–H groups in total. The largest absolute Gasteiger partial charge is 0.409 e. The lowest BCUT2D eigenvalue weighted by molar-refractivity contribution is 0.311. The lowest BCUT2D eigenvalue weighted by Crippen LogP contribution is -2.46. The Morgan fingerprint density at radius 1 is 1.53 bits per heavy atom. The molecule has 0 aromatic rings. The van der Waals surface area contributed by atoms with Crippen LogP contribution in [0.15, 0.2) is 5.16 Å². The van der Waals surface area contributed by atoms with Crippen LogP contribution >= 0.6 is 11.8 Å². The third-order valence-electron chi connectivity index (χ3n) is 3.53. The van der Waals surface area contributed by atoms with Crippen molar-refractivity contribution in [2.45, 2.75) is 62.8 Å². The van der Waals surface area contributed by atoms with Crippen LogP contribution in [0.4, 0.5) is 0 Å². The molecule has 0 amide bonds. The zero-order valence-corrected chi connectivity index (χ0v) is 11.7. The Kier molecular flexibility index (Phi) is 6.73. The number of amidine groups is 1. The van der Waals surface area contributed by atoms with Crippen LogP contribution in [-0.2, 0) is 0 Å². The van der Waals surface area contributed by atoms with Crippen molar-refractivity contribution >= 4 is 17.6 Å². The van der Waals surface area contributed by atoms with Crippen LogP contribution in [-0.4, -0.2) is 34.6 Å². The Morgan fingerprint density at radius 3 is 2.82 bits per heavy atom. The standard InChI is InChI=1S/C12H25N3OS/c1-3-9(8-12(13)15-16)14-10-6-4-5-7-11(10)17-2/h9-11,14,16H,3-8H2,1-2H3,(H2,13,15). The van der Waals surface area contributed by atoms with Gasteiger partial charge in [0.2, 0.25) is 0 Å². The average molecular weight is 259 g/mol. The summed E-state index contributed by atoms with van der Waals surface area (Å²) in [5.41, 5.74) is 5.58. The van der Waals surface area contributed by atoms with E-state index in [-0.39, 0.29) is 0 Å². The summed E-state index contributed by atoms with van der Waals surface area (Å²) in [5.74, 6) is 0.320. The van der Waals surface area contributed by atoms with E-state index in [0.717, 1.165) is 6.42 Å². The Morgan fingerprint density at radius 2 is 2.24 bits per heavy atom. The molecule has 1 aliphatic carbocycles. The molecule has 100 valence electrons. The summed E-state index contributed by atoms with van der Waals surface area (Å²) in [6.45, 7) is 2.14. The van der Waals surface area contributed by atoms with Crippen LogP contribution in [0.5, 0.6) is 0 Å². The van der Waals surface area contributed by atoms with Crippen LogP contribution < -0.4 is 11.1 Å². The number of hydrogen-bond acceptors (Lipinski definition) is 4. The molecule has 0 aromatic carbocycles. The van der Waals surface area contributed by atoms with E-state index < -0.39 is 0 Å². The maximum Gasteiger partial charge on any atom is 0.140 e. The Bertz CT molecular complexity index is 248. The third kappa shape index (κ3) is 4.76. The average Bonchev–Trinajstić information content (AvgIpc) is 2.38. The molecule has 4 nitrogen and oxygen atoms in total. The van der Waals surface area contributed by atoms with Gasteiger partial charge in [-0.25, -0.2) is 0 Å². The summed E-state index contributed by atoms with van der Waals surface area (Å²) in [7, 11) is 0. The van der Waals surface area contributed by atoms with E-state index in [1.807, 2.05) is 11.8 Å². The fourth-order valence-corrected chi connectivity index (χ4v) is 3.43. The van der Waals surface area contributed by atoms with Gasteiger partial charge in [-0.1, -0.05) is 24.9 Å². The van der Waals surface area contributed by atoms with Gasteiger partial charge in [-0.05, 0) is 25.5 Å². The quantitative estimate of drug-likeness (QED) is 0.296. The predicted octanol–water partition coefficient (Wildman–Crippen LogP) is 2.17. The van der Waals surface area contributed by atoms with Gasteiger partial charge in [0.05, 0.1) is 0 Å². The Balaban J connectivity index is 2.47. The molecule has 0 heterocycles. The molecule has 17 heavy (non-hydrogen) atoms. The zero-order chi connectivity index (χ0) is 12.7. The predicted molar refractivity (Wildman–Crippen MR) is 74.8 cm³/mol. The van der Waals surface area contributed by atoms with Gasteiger partial charge >= 0.3 is 0 Å². The molecule has 0 radical (unpaired) electrons. The highest BCUT2D eigenvalue weighted by molar-refractivity contribution is 7.99. The van der Waals surface area contributed by atoms with E-state index in [2.05, 4.69) is 23.7 Å². The van der Waals surface area contributed by atoms with Crippen molar-refractivity contribution in [3.8, 4) is 0 Å². The normalized spacial score (nSPS) is 28.0. The van der Waals surface area contributed by atoms with Gasteiger partial charge in [-0.2, -0.15) is 11.8 Å². The second kappa shape index (κ2) is 7.82. The molecule has 1 fully saturated rings. The minimum atomic E-state index is 0.320. The highest BCUT2D eigenvalue weighted by atomic mass is 32.2. The van der Waals surface area contributed by atoms with E-state index in [0.29, 0.717) is 29.6 Å². The van der Waals surface area contributed by atoms with Gasteiger partial charge in [0, 0.05) is 23.8 Å². The number of thioether (sulfide) groups is 1. The number of hydrogen-bond donors (Lipinski definition) is 3. The molecule has 1 aliphatic rings. The van der Waals surface area contributed by atoms with E-state index in [9.17, 15) is 0 Å². The molecule has 0 spiro atoms.